The number of hydrogen-bond acceptors (Lipinski definition) is 2. The van der Waals surface area contributed by atoms with Gasteiger partial charge < -0.3 is 9.73 Å². The summed E-state index contributed by atoms with van der Waals surface area (Å²) in [6.07, 6.45) is 1.52. The molecule has 0 amide bonds. The molecule has 1 aromatic carbocycles. The smallest absolute Gasteiger partial charge is 0.174 e. The van der Waals surface area contributed by atoms with Crippen molar-refractivity contribution in [3.63, 3.8) is 0 Å². The SMILES string of the molecule is CCNC(c1ccc(F)cc1F)c1ccoc1Br. The van der Waals surface area contributed by atoms with Crippen LogP contribution in [0.1, 0.15) is 24.1 Å². The van der Waals surface area contributed by atoms with Gasteiger partial charge in [0, 0.05) is 17.2 Å². The molecule has 0 saturated carbocycles. The van der Waals surface area contributed by atoms with Gasteiger partial charge in [0.1, 0.15) is 11.6 Å². The van der Waals surface area contributed by atoms with Crippen molar-refractivity contribution in [2.24, 2.45) is 0 Å². The lowest BCUT2D eigenvalue weighted by Crippen LogP contribution is -2.23. The number of rotatable bonds is 4. The first-order valence-electron chi connectivity index (χ1n) is 5.54. The van der Waals surface area contributed by atoms with E-state index >= 15 is 0 Å². The van der Waals surface area contributed by atoms with Crippen LogP contribution in [-0.2, 0) is 0 Å². The van der Waals surface area contributed by atoms with Crippen molar-refractivity contribution in [2.75, 3.05) is 6.54 Å². The molecule has 0 fully saturated rings. The number of nitrogens with one attached hydrogen (secondary N) is 1. The molecule has 2 aromatic rings. The van der Waals surface area contributed by atoms with Crippen molar-refractivity contribution < 1.29 is 13.2 Å². The third kappa shape index (κ3) is 2.62. The van der Waals surface area contributed by atoms with Gasteiger partial charge in [-0.15, -0.1) is 0 Å². The molecule has 1 aromatic heterocycles. The second-order valence-electron chi connectivity index (χ2n) is 3.81. The lowest BCUT2D eigenvalue weighted by molar-refractivity contribution is 0.515. The van der Waals surface area contributed by atoms with E-state index in [1.165, 1.54) is 18.4 Å². The number of furan rings is 1. The average molecular weight is 316 g/mol. The summed E-state index contributed by atoms with van der Waals surface area (Å²) in [7, 11) is 0. The van der Waals surface area contributed by atoms with Gasteiger partial charge in [-0.3, -0.25) is 0 Å². The molecule has 1 atom stereocenters. The highest BCUT2D eigenvalue weighted by Crippen LogP contribution is 2.31. The van der Waals surface area contributed by atoms with Crippen LogP contribution >= 0.6 is 15.9 Å². The van der Waals surface area contributed by atoms with Crippen LogP contribution in [0.25, 0.3) is 0 Å². The van der Waals surface area contributed by atoms with E-state index in [-0.39, 0.29) is 6.04 Å². The van der Waals surface area contributed by atoms with E-state index in [0.29, 0.717) is 16.8 Å². The molecule has 18 heavy (non-hydrogen) atoms. The van der Waals surface area contributed by atoms with Gasteiger partial charge in [0.2, 0.25) is 0 Å². The van der Waals surface area contributed by atoms with Crippen LogP contribution < -0.4 is 5.32 Å². The lowest BCUT2D eigenvalue weighted by atomic mass is 10.0. The Bertz CT molecular complexity index is 542. The maximum absolute atomic E-state index is 13.8. The molecule has 0 bridgehead atoms. The number of halogens is 3. The van der Waals surface area contributed by atoms with E-state index in [2.05, 4.69) is 21.2 Å². The third-order valence-corrected chi connectivity index (χ3v) is 3.28. The first-order valence-corrected chi connectivity index (χ1v) is 6.34. The Kier molecular flexibility index (Phi) is 4.14. The minimum atomic E-state index is -0.585. The zero-order chi connectivity index (χ0) is 13.1. The van der Waals surface area contributed by atoms with Gasteiger partial charge in [0.25, 0.3) is 0 Å². The molecular formula is C13H12BrF2NO. The molecule has 5 heteroatoms. The van der Waals surface area contributed by atoms with Gasteiger partial charge in [-0.25, -0.2) is 8.78 Å². The molecule has 0 aliphatic heterocycles. The highest BCUT2D eigenvalue weighted by atomic mass is 79.9. The topological polar surface area (TPSA) is 25.2 Å². The van der Waals surface area contributed by atoms with Gasteiger partial charge in [-0.1, -0.05) is 13.0 Å². The molecule has 2 nitrogen and oxygen atoms in total. The van der Waals surface area contributed by atoms with Crippen LogP contribution in [0.4, 0.5) is 8.78 Å². The highest BCUT2D eigenvalue weighted by Gasteiger charge is 2.21. The largest absolute Gasteiger partial charge is 0.457 e. The zero-order valence-corrected chi connectivity index (χ0v) is 11.3. The maximum Gasteiger partial charge on any atom is 0.174 e. The zero-order valence-electron chi connectivity index (χ0n) is 9.71. The van der Waals surface area contributed by atoms with Crippen LogP contribution in [0.15, 0.2) is 39.6 Å². The van der Waals surface area contributed by atoms with Crippen LogP contribution in [0.2, 0.25) is 0 Å². The molecule has 1 unspecified atom stereocenters. The normalized spacial score (nSPS) is 12.7. The summed E-state index contributed by atoms with van der Waals surface area (Å²) in [4.78, 5) is 0. The highest BCUT2D eigenvalue weighted by molar-refractivity contribution is 9.10. The van der Waals surface area contributed by atoms with E-state index in [4.69, 9.17) is 4.42 Å². The van der Waals surface area contributed by atoms with E-state index in [9.17, 15) is 8.78 Å². The molecule has 2 rings (SSSR count). The maximum atomic E-state index is 13.8. The van der Waals surface area contributed by atoms with Crippen LogP contribution in [-0.4, -0.2) is 6.54 Å². The van der Waals surface area contributed by atoms with Crippen molar-refractivity contribution in [1.29, 1.82) is 0 Å². The van der Waals surface area contributed by atoms with Crippen molar-refractivity contribution in [3.05, 3.63) is 58.0 Å². The number of benzene rings is 1. The van der Waals surface area contributed by atoms with Gasteiger partial charge in [0.15, 0.2) is 4.67 Å². The second kappa shape index (κ2) is 5.63. The third-order valence-electron chi connectivity index (χ3n) is 2.64. The average Bonchev–Trinajstić information content (AvgIpc) is 2.73. The Morgan fingerprint density at radius 2 is 2.06 bits per heavy atom. The fourth-order valence-electron chi connectivity index (χ4n) is 1.84. The van der Waals surface area contributed by atoms with Crippen molar-refractivity contribution in [2.45, 2.75) is 13.0 Å². The Morgan fingerprint density at radius 3 is 2.61 bits per heavy atom. The molecule has 96 valence electrons. The first kappa shape index (κ1) is 13.2. The van der Waals surface area contributed by atoms with Gasteiger partial charge in [0.05, 0.1) is 12.3 Å². The fraction of sp³-hybridized carbons (Fsp3) is 0.231. The summed E-state index contributed by atoms with van der Waals surface area (Å²) >= 11 is 3.27. The van der Waals surface area contributed by atoms with Gasteiger partial charge in [-0.2, -0.15) is 0 Å². The lowest BCUT2D eigenvalue weighted by Gasteiger charge is -2.18. The molecule has 0 radical (unpaired) electrons. The predicted molar refractivity (Wildman–Crippen MR) is 68.3 cm³/mol. The molecule has 0 aliphatic carbocycles. The van der Waals surface area contributed by atoms with E-state index in [1.54, 1.807) is 6.07 Å². The van der Waals surface area contributed by atoms with Crippen molar-refractivity contribution in [1.82, 2.24) is 5.32 Å². The van der Waals surface area contributed by atoms with Crippen LogP contribution in [0.5, 0.6) is 0 Å². The number of hydrogen-bond donors (Lipinski definition) is 1. The monoisotopic (exact) mass is 315 g/mol. The van der Waals surface area contributed by atoms with E-state index < -0.39 is 11.6 Å². The fourth-order valence-corrected chi connectivity index (χ4v) is 2.31. The Labute approximate surface area is 112 Å². The summed E-state index contributed by atoms with van der Waals surface area (Å²) < 4.78 is 32.4. The first-order chi connectivity index (χ1) is 8.63. The Balaban J connectivity index is 2.45. The van der Waals surface area contributed by atoms with Crippen molar-refractivity contribution in [3.8, 4) is 0 Å². The summed E-state index contributed by atoms with van der Waals surface area (Å²) in [6, 6.07) is 4.95. The molecule has 1 N–H and O–H groups in total. The summed E-state index contributed by atoms with van der Waals surface area (Å²) in [6.45, 7) is 2.57. The molecular weight excluding hydrogens is 304 g/mol. The molecule has 1 heterocycles. The van der Waals surface area contributed by atoms with Gasteiger partial charge >= 0.3 is 0 Å². The van der Waals surface area contributed by atoms with E-state index in [1.807, 2.05) is 6.92 Å². The second-order valence-corrected chi connectivity index (χ2v) is 4.53. The summed E-state index contributed by atoms with van der Waals surface area (Å²) in [5.74, 6) is -1.16. The summed E-state index contributed by atoms with van der Waals surface area (Å²) in [5, 5.41) is 3.15. The van der Waals surface area contributed by atoms with E-state index in [0.717, 1.165) is 11.6 Å². The summed E-state index contributed by atoms with van der Waals surface area (Å²) in [5.41, 5.74) is 1.17. The molecule has 0 spiro atoms. The Morgan fingerprint density at radius 1 is 1.28 bits per heavy atom. The van der Waals surface area contributed by atoms with Crippen LogP contribution in [0.3, 0.4) is 0 Å². The minimum absolute atomic E-state index is 0.372. The van der Waals surface area contributed by atoms with Crippen molar-refractivity contribution >= 4 is 15.9 Å². The molecule has 0 saturated heterocycles. The van der Waals surface area contributed by atoms with Gasteiger partial charge in [-0.05, 0) is 34.6 Å². The van der Waals surface area contributed by atoms with Crippen LogP contribution in [0, 0.1) is 11.6 Å². The standard InChI is InChI=1S/C13H12BrF2NO/c1-2-17-12(10-5-6-18-13(10)14)9-4-3-8(15)7-11(9)16/h3-7,12,17H,2H2,1H3. The Hall–Kier alpha value is -1.20. The molecule has 0 aliphatic rings. The minimum Gasteiger partial charge on any atom is -0.457 e. The quantitative estimate of drug-likeness (QED) is 0.922. The predicted octanol–water partition coefficient (Wildman–Crippen LogP) is 4.02.